The number of alkyl halides is 6. The van der Waals surface area contributed by atoms with Gasteiger partial charge >= 0.3 is 12.4 Å². The van der Waals surface area contributed by atoms with Crippen LogP contribution in [0.5, 0.6) is 0 Å². The maximum Gasteiger partial charge on any atom is 0.417 e. The average Bonchev–Trinajstić information content (AvgIpc) is 3.20. The van der Waals surface area contributed by atoms with Gasteiger partial charge in [0, 0.05) is 12.4 Å². The monoisotopic (exact) mass is 448 g/mol. The fourth-order valence-electron chi connectivity index (χ4n) is 2.69. The van der Waals surface area contributed by atoms with E-state index in [4.69, 9.17) is 0 Å². The van der Waals surface area contributed by atoms with Crippen LogP contribution in [-0.4, -0.2) is 25.1 Å². The van der Waals surface area contributed by atoms with Crippen LogP contribution in [0.15, 0.2) is 35.6 Å². The lowest BCUT2D eigenvalue weighted by Crippen LogP contribution is -2.05. The van der Waals surface area contributed by atoms with Crippen LogP contribution in [0.1, 0.15) is 18.1 Å². The normalized spacial score (nSPS) is 12.9. The molecular weight excluding hydrogens is 438 g/mol. The number of aromatic nitrogens is 4. The number of fused-ring (bicyclic) bond motifs is 2. The number of thiazole rings is 1. The summed E-state index contributed by atoms with van der Waals surface area (Å²) in [5.41, 5.74) is -1.31. The minimum Gasteiger partial charge on any atom is -0.294 e. The van der Waals surface area contributed by atoms with E-state index in [9.17, 15) is 26.3 Å². The van der Waals surface area contributed by atoms with Gasteiger partial charge in [0.15, 0.2) is 0 Å². The summed E-state index contributed by atoms with van der Waals surface area (Å²) in [5, 5.41) is 0.853. The van der Waals surface area contributed by atoms with Crippen molar-refractivity contribution in [3.05, 3.63) is 41.7 Å². The largest absolute Gasteiger partial charge is 0.417 e. The first-order valence-electron chi connectivity index (χ1n) is 8.14. The third kappa shape index (κ3) is 3.66. The van der Waals surface area contributed by atoms with Gasteiger partial charge in [0.2, 0.25) is 0 Å². The van der Waals surface area contributed by atoms with Crippen LogP contribution in [0.2, 0.25) is 0 Å². The molecule has 0 aliphatic carbocycles. The zero-order valence-corrected chi connectivity index (χ0v) is 16.1. The zero-order chi connectivity index (χ0) is 21.0. The summed E-state index contributed by atoms with van der Waals surface area (Å²) < 4.78 is 79.3. The number of nitrogens with zero attached hydrogens (tertiary/aromatic N) is 4. The number of hydrogen-bond donors (Lipinski definition) is 0. The highest BCUT2D eigenvalue weighted by molar-refractivity contribution is 7.99. The molecule has 0 N–H and O–H groups in total. The summed E-state index contributed by atoms with van der Waals surface area (Å²) in [7, 11) is 0. The van der Waals surface area contributed by atoms with Crippen LogP contribution in [0.3, 0.4) is 0 Å². The molecule has 152 valence electrons. The molecule has 0 aliphatic heterocycles. The number of pyridine rings is 2. The van der Waals surface area contributed by atoms with Gasteiger partial charge in [-0.2, -0.15) is 26.3 Å². The summed E-state index contributed by atoms with van der Waals surface area (Å²) in [5.74, 6) is 0.614. The van der Waals surface area contributed by atoms with E-state index in [-0.39, 0.29) is 16.0 Å². The highest BCUT2D eigenvalue weighted by atomic mass is 32.2. The van der Waals surface area contributed by atoms with Gasteiger partial charge in [-0.15, -0.1) is 11.8 Å². The lowest BCUT2D eigenvalue weighted by atomic mass is 10.2. The Balaban J connectivity index is 1.89. The van der Waals surface area contributed by atoms with Crippen LogP contribution >= 0.6 is 23.1 Å². The molecule has 0 saturated heterocycles. The van der Waals surface area contributed by atoms with Crippen molar-refractivity contribution in [2.24, 2.45) is 0 Å². The molecule has 0 fully saturated rings. The van der Waals surface area contributed by atoms with Crippen molar-refractivity contribution in [3.63, 3.8) is 0 Å². The van der Waals surface area contributed by atoms with E-state index in [0.29, 0.717) is 21.5 Å². The molecule has 4 heterocycles. The molecule has 0 saturated carbocycles. The van der Waals surface area contributed by atoms with Gasteiger partial charge in [0.1, 0.15) is 31.7 Å². The Labute approximate surface area is 167 Å². The SMILES string of the molecule is CCSc1c(-c2nc3cc(C(F)(F)F)cnc3s2)nc2cc(C(F)(F)F)ccn12. The third-order valence-electron chi connectivity index (χ3n) is 3.97. The van der Waals surface area contributed by atoms with Gasteiger partial charge in [0.25, 0.3) is 0 Å². The predicted octanol–water partition coefficient (Wildman–Crippen LogP) is 6.16. The zero-order valence-electron chi connectivity index (χ0n) is 14.5. The second-order valence-electron chi connectivity index (χ2n) is 5.91. The molecule has 0 amide bonds. The standard InChI is InChI=1S/C17H10F6N4S2/c1-2-28-15-12(26-11-6-8(16(18,19)20)3-4-27(11)15)14-25-10-5-9(17(21,22)23)7-24-13(10)29-14/h3-7H,2H2,1H3. The molecule has 29 heavy (non-hydrogen) atoms. The van der Waals surface area contributed by atoms with Crippen LogP contribution in [-0.2, 0) is 12.4 Å². The third-order valence-corrected chi connectivity index (χ3v) is 5.91. The lowest BCUT2D eigenvalue weighted by molar-refractivity contribution is -0.138. The van der Waals surface area contributed by atoms with Gasteiger partial charge < -0.3 is 0 Å². The molecule has 0 radical (unpaired) electrons. The van der Waals surface area contributed by atoms with Gasteiger partial charge in [0.05, 0.1) is 11.1 Å². The van der Waals surface area contributed by atoms with Crippen LogP contribution in [0, 0.1) is 0 Å². The van der Waals surface area contributed by atoms with Gasteiger partial charge in [-0.1, -0.05) is 18.3 Å². The molecule has 4 aromatic rings. The molecular formula is C17H10F6N4S2. The van der Waals surface area contributed by atoms with E-state index >= 15 is 0 Å². The van der Waals surface area contributed by atoms with E-state index < -0.39 is 23.5 Å². The average molecular weight is 448 g/mol. The first-order valence-corrected chi connectivity index (χ1v) is 9.94. The number of rotatable bonds is 3. The number of hydrogen-bond acceptors (Lipinski definition) is 5. The molecule has 4 aromatic heterocycles. The Hall–Kier alpha value is -2.34. The Morgan fingerprint density at radius 3 is 2.41 bits per heavy atom. The Morgan fingerprint density at radius 2 is 1.76 bits per heavy atom. The van der Waals surface area contributed by atoms with Crippen molar-refractivity contribution in [3.8, 4) is 10.7 Å². The van der Waals surface area contributed by atoms with Crippen molar-refractivity contribution >= 4 is 39.1 Å². The maximum atomic E-state index is 13.0. The summed E-state index contributed by atoms with van der Waals surface area (Å²) in [6.45, 7) is 1.87. The fourth-order valence-corrected chi connectivity index (χ4v) is 4.48. The fraction of sp³-hybridized carbons (Fsp3) is 0.235. The molecule has 12 heteroatoms. The van der Waals surface area contributed by atoms with Crippen LogP contribution in [0.4, 0.5) is 26.3 Å². The Morgan fingerprint density at radius 1 is 1.03 bits per heavy atom. The van der Waals surface area contributed by atoms with Crippen molar-refractivity contribution in [2.45, 2.75) is 24.3 Å². The van der Waals surface area contributed by atoms with E-state index in [1.54, 1.807) is 0 Å². The van der Waals surface area contributed by atoms with Crippen molar-refractivity contribution in [1.82, 2.24) is 19.4 Å². The van der Waals surface area contributed by atoms with Crippen molar-refractivity contribution in [1.29, 1.82) is 0 Å². The van der Waals surface area contributed by atoms with E-state index in [1.807, 2.05) is 6.92 Å². The van der Waals surface area contributed by atoms with E-state index in [1.165, 1.54) is 22.4 Å². The predicted molar refractivity (Wildman–Crippen MR) is 98.0 cm³/mol. The number of thioether (sulfide) groups is 1. The highest BCUT2D eigenvalue weighted by Gasteiger charge is 2.33. The molecule has 0 bridgehead atoms. The smallest absolute Gasteiger partial charge is 0.294 e. The quantitative estimate of drug-likeness (QED) is 0.278. The summed E-state index contributed by atoms with van der Waals surface area (Å²) in [6, 6.07) is 2.77. The van der Waals surface area contributed by atoms with E-state index in [2.05, 4.69) is 15.0 Å². The minimum absolute atomic E-state index is 0.0558. The molecule has 0 aromatic carbocycles. The van der Waals surface area contributed by atoms with Gasteiger partial charge in [-0.3, -0.25) is 4.40 Å². The maximum absolute atomic E-state index is 13.0. The Bertz CT molecular complexity index is 1210. The second kappa shape index (κ2) is 6.87. The lowest BCUT2D eigenvalue weighted by Gasteiger charge is -2.07. The van der Waals surface area contributed by atoms with Gasteiger partial charge in [-0.25, -0.2) is 15.0 Å². The summed E-state index contributed by atoms with van der Waals surface area (Å²) >= 11 is 2.38. The molecule has 4 rings (SSSR count). The van der Waals surface area contributed by atoms with Crippen molar-refractivity contribution < 1.29 is 26.3 Å². The topological polar surface area (TPSA) is 43.1 Å². The Kier molecular flexibility index (Phi) is 4.73. The molecule has 0 atom stereocenters. The first-order chi connectivity index (χ1) is 13.6. The molecule has 0 spiro atoms. The van der Waals surface area contributed by atoms with Crippen molar-refractivity contribution in [2.75, 3.05) is 5.75 Å². The van der Waals surface area contributed by atoms with Crippen LogP contribution < -0.4 is 0 Å². The van der Waals surface area contributed by atoms with Crippen LogP contribution in [0.25, 0.3) is 26.7 Å². The summed E-state index contributed by atoms with van der Waals surface area (Å²) in [4.78, 5) is 12.6. The molecule has 0 unspecified atom stereocenters. The van der Waals surface area contributed by atoms with Gasteiger partial charge in [-0.05, 0) is 24.0 Å². The van der Waals surface area contributed by atoms with E-state index in [0.717, 1.165) is 35.7 Å². The number of halogens is 6. The second-order valence-corrected chi connectivity index (χ2v) is 8.14. The highest BCUT2D eigenvalue weighted by Crippen LogP contribution is 2.38. The molecule has 4 nitrogen and oxygen atoms in total. The first kappa shape index (κ1) is 20.0. The minimum atomic E-state index is -4.55. The number of imidazole rings is 1. The molecule has 0 aliphatic rings. The summed E-state index contributed by atoms with van der Waals surface area (Å²) in [6.07, 6.45) is -7.06.